The second-order valence-corrected chi connectivity index (χ2v) is 7.37. The number of furan rings is 1. The molecular formula is C27H24N2O4. The molecule has 6 heteroatoms. The quantitative estimate of drug-likeness (QED) is 0.419. The van der Waals surface area contributed by atoms with Gasteiger partial charge in [0.05, 0.1) is 13.4 Å². The Labute approximate surface area is 192 Å². The highest BCUT2D eigenvalue weighted by atomic mass is 16.5. The minimum atomic E-state index is -0.955. The molecule has 2 amide bonds. The first-order chi connectivity index (χ1) is 16.2. The fraction of sp³-hybridized carbons (Fsp3) is 0.111. The first-order valence-electron chi connectivity index (χ1n) is 10.5. The number of nitrogens with zero attached hydrogens (tertiary/aromatic N) is 1. The molecule has 0 radical (unpaired) electrons. The molecule has 1 aromatic heterocycles. The average molecular weight is 440 g/mol. The largest absolute Gasteiger partial charge is 0.497 e. The second-order valence-electron chi connectivity index (χ2n) is 7.37. The topological polar surface area (TPSA) is 71.8 Å². The molecule has 0 aliphatic rings. The van der Waals surface area contributed by atoms with Crippen LogP contribution >= 0.6 is 0 Å². The van der Waals surface area contributed by atoms with Crippen LogP contribution in [-0.4, -0.2) is 18.9 Å². The third-order valence-corrected chi connectivity index (χ3v) is 5.21. The van der Waals surface area contributed by atoms with E-state index in [9.17, 15) is 9.59 Å². The van der Waals surface area contributed by atoms with Gasteiger partial charge in [-0.25, -0.2) is 0 Å². The van der Waals surface area contributed by atoms with E-state index in [2.05, 4.69) is 5.32 Å². The molecule has 6 nitrogen and oxygen atoms in total. The van der Waals surface area contributed by atoms with Gasteiger partial charge in [-0.1, -0.05) is 60.7 Å². The number of hydrogen-bond donors (Lipinski definition) is 1. The summed E-state index contributed by atoms with van der Waals surface area (Å²) in [5.41, 5.74) is 2.14. The van der Waals surface area contributed by atoms with E-state index >= 15 is 0 Å². The molecule has 0 spiro atoms. The lowest BCUT2D eigenvalue weighted by atomic mass is 10.0. The number of anilines is 1. The van der Waals surface area contributed by atoms with Gasteiger partial charge < -0.3 is 14.5 Å². The minimum absolute atomic E-state index is 0.141. The van der Waals surface area contributed by atoms with E-state index in [1.54, 1.807) is 55.6 Å². The van der Waals surface area contributed by atoms with Crippen LogP contribution in [0.25, 0.3) is 0 Å². The molecule has 4 rings (SSSR count). The third kappa shape index (κ3) is 5.13. The van der Waals surface area contributed by atoms with Crippen LogP contribution in [0.5, 0.6) is 5.75 Å². The smallest absolute Gasteiger partial charge is 0.294 e. The van der Waals surface area contributed by atoms with Gasteiger partial charge in [0.25, 0.3) is 5.91 Å². The number of rotatable bonds is 8. The maximum atomic E-state index is 13.6. The zero-order chi connectivity index (χ0) is 23.0. The molecule has 166 valence electrons. The standard InChI is InChI=1S/C27H24N2O4/c1-32-23-15-8-12-21(18-23)25(26(30)28-19-20-10-4-2-5-11-20)29(22-13-6-3-7-14-22)27(31)24-16-9-17-33-24/h2-18,25H,19H2,1H3,(H,28,30)/t25-/m0/s1. The van der Waals surface area contributed by atoms with E-state index in [-0.39, 0.29) is 11.7 Å². The van der Waals surface area contributed by atoms with E-state index in [0.717, 1.165) is 5.56 Å². The zero-order valence-corrected chi connectivity index (χ0v) is 18.2. The molecule has 1 N–H and O–H groups in total. The predicted molar refractivity (Wildman–Crippen MR) is 126 cm³/mol. The Balaban J connectivity index is 1.77. The van der Waals surface area contributed by atoms with Gasteiger partial charge in [-0.05, 0) is 47.5 Å². The van der Waals surface area contributed by atoms with Crippen LogP contribution in [0.3, 0.4) is 0 Å². The summed E-state index contributed by atoms with van der Waals surface area (Å²) in [6, 6.07) is 28.1. The number of benzene rings is 3. The van der Waals surface area contributed by atoms with E-state index in [4.69, 9.17) is 9.15 Å². The summed E-state index contributed by atoms with van der Waals surface area (Å²) in [4.78, 5) is 28.7. The summed E-state index contributed by atoms with van der Waals surface area (Å²) in [5, 5.41) is 2.98. The Kier molecular flexibility index (Phi) is 6.85. The summed E-state index contributed by atoms with van der Waals surface area (Å²) < 4.78 is 10.8. The van der Waals surface area contributed by atoms with Crippen molar-refractivity contribution in [3.8, 4) is 5.75 Å². The van der Waals surface area contributed by atoms with Crippen molar-refractivity contribution < 1.29 is 18.7 Å². The highest BCUT2D eigenvalue weighted by Crippen LogP contribution is 2.31. The normalized spacial score (nSPS) is 11.4. The van der Waals surface area contributed by atoms with Crippen LogP contribution in [0.15, 0.2) is 108 Å². The molecule has 0 aliphatic carbocycles. The van der Waals surface area contributed by atoms with Crippen molar-refractivity contribution in [2.24, 2.45) is 0 Å². The number of carbonyl (C=O) groups excluding carboxylic acids is 2. The number of amides is 2. The number of ether oxygens (including phenoxy) is 1. The minimum Gasteiger partial charge on any atom is -0.497 e. The highest BCUT2D eigenvalue weighted by Gasteiger charge is 2.34. The van der Waals surface area contributed by atoms with Crippen molar-refractivity contribution in [1.29, 1.82) is 0 Å². The van der Waals surface area contributed by atoms with Crippen LogP contribution in [0.1, 0.15) is 27.7 Å². The first kappa shape index (κ1) is 21.9. The molecule has 0 saturated heterocycles. The monoisotopic (exact) mass is 440 g/mol. The Morgan fingerprint density at radius 3 is 2.30 bits per heavy atom. The molecule has 0 fully saturated rings. The SMILES string of the molecule is COc1cccc([C@@H](C(=O)NCc2ccccc2)N(C(=O)c2ccco2)c2ccccc2)c1. The summed E-state index contributed by atoms with van der Waals surface area (Å²) in [7, 11) is 1.56. The van der Waals surface area contributed by atoms with Gasteiger partial charge in [-0.3, -0.25) is 14.5 Å². The number of methoxy groups -OCH3 is 1. The molecule has 0 unspecified atom stereocenters. The molecule has 3 aromatic carbocycles. The van der Waals surface area contributed by atoms with Crippen molar-refractivity contribution in [3.05, 3.63) is 120 Å². The van der Waals surface area contributed by atoms with E-state index in [0.29, 0.717) is 23.5 Å². The lowest BCUT2D eigenvalue weighted by molar-refractivity contribution is -0.122. The van der Waals surface area contributed by atoms with Crippen molar-refractivity contribution >= 4 is 17.5 Å². The average Bonchev–Trinajstić information content (AvgIpc) is 3.42. The number of para-hydroxylation sites is 1. The van der Waals surface area contributed by atoms with Gasteiger partial charge in [0.15, 0.2) is 5.76 Å². The fourth-order valence-corrected chi connectivity index (χ4v) is 3.60. The first-order valence-corrected chi connectivity index (χ1v) is 10.5. The third-order valence-electron chi connectivity index (χ3n) is 5.21. The molecular weight excluding hydrogens is 416 g/mol. The van der Waals surface area contributed by atoms with Crippen molar-refractivity contribution in [2.45, 2.75) is 12.6 Å². The number of carbonyl (C=O) groups is 2. The molecule has 1 heterocycles. The maximum Gasteiger partial charge on any atom is 0.294 e. The number of nitrogens with one attached hydrogen (secondary N) is 1. The predicted octanol–water partition coefficient (Wildman–Crippen LogP) is 4.99. The maximum absolute atomic E-state index is 13.6. The van der Waals surface area contributed by atoms with Gasteiger partial charge in [0, 0.05) is 12.2 Å². The van der Waals surface area contributed by atoms with E-state index in [1.165, 1.54) is 11.2 Å². The number of hydrogen-bond acceptors (Lipinski definition) is 4. The molecule has 0 bridgehead atoms. The van der Waals surface area contributed by atoms with Gasteiger partial charge in [0.1, 0.15) is 11.8 Å². The Morgan fingerprint density at radius 2 is 1.64 bits per heavy atom. The molecule has 33 heavy (non-hydrogen) atoms. The molecule has 0 aliphatic heterocycles. The van der Waals surface area contributed by atoms with Crippen molar-refractivity contribution in [1.82, 2.24) is 5.32 Å². The van der Waals surface area contributed by atoms with Crippen molar-refractivity contribution in [2.75, 3.05) is 12.0 Å². The molecule has 0 saturated carbocycles. The van der Waals surface area contributed by atoms with Crippen LogP contribution in [0, 0.1) is 0 Å². The van der Waals surface area contributed by atoms with Gasteiger partial charge in [-0.15, -0.1) is 0 Å². The lowest BCUT2D eigenvalue weighted by Gasteiger charge is -2.31. The fourth-order valence-electron chi connectivity index (χ4n) is 3.60. The molecule has 4 aromatic rings. The highest BCUT2D eigenvalue weighted by molar-refractivity contribution is 6.08. The molecule has 1 atom stereocenters. The Bertz CT molecular complexity index is 1190. The Hall–Kier alpha value is -4.32. The summed E-state index contributed by atoms with van der Waals surface area (Å²) in [6.45, 7) is 0.331. The zero-order valence-electron chi connectivity index (χ0n) is 18.2. The lowest BCUT2D eigenvalue weighted by Crippen LogP contribution is -2.43. The van der Waals surface area contributed by atoms with Crippen LogP contribution in [0.2, 0.25) is 0 Å². The second kappa shape index (κ2) is 10.3. The van der Waals surface area contributed by atoms with E-state index < -0.39 is 11.9 Å². The summed E-state index contributed by atoms with van der Waals surface area (Å²) >= 11 is 0. The van der Waals surface area contributed by atoms with Crippen LogP contribution in [0.4, 0.5) is 5.69 Å². The van der Waals surface area contributed by atoms with Gasteiger partial charge >= 0.3 is 0 Å². The summed E-state index contributed by atoms with van der Waals surface area (Å²) in [5.74, 6) is -0.0147. The van der Waals surface area contributed by atoms with Crippen LogP contribution in [-0.2, 0) is 11.3 Å². The van der Waals surface area contributed by atoms with Crippen LogP contribution < -0.4 is 15.0 Å². The summed E-state index contributed by atoms with van der Waals surface area (Å²) in [6.07, 6.45) is 1.44. The van der Waals surface area contributed by atoms with Gasteiger partial charge in [0.2, 0.25) is 5.91 Å². The van der Waals surface area contributed by atoms with E-state index in [1.807, 2.05) is 48.5 Å². The van der Waals surface area contributed by atoms with Crippen molar-refractivity contribution in [3.63, 3.8) is 0 Å². The Morgan fingerprint density at radius 1 is 0.909 bits per heavy atom. The van der Waals surface area contributed by atoms with Gasteiger partial charge in [-0.2, -0.15) is 0 Å².